The molecule has 3 heteroatoms. The molecule has 0 unspecified atom stereocenters. The molecular weight excluding hydrogens is 226 g/mol. The Morgan fingerprint density at radius 2 is 1.61 bits per heavy atom. The third-order valence-corrected chi connectivity index (χ3v) is 5.79. The van der Waals surface area contributed by atoms with Crippen LogP contribution in [0.5, 0.6) is 0 Å². The lowest BCUT2D eigenvalue weighted by molar-refractivity contribution is -0.142. The van der Waals surface area contributed by atoms with Crippen LogP contribution in [0.1, 0.15) is 71.6 Å². The lowest BCUT2D eigenvalue weighted by Gasteiger charge is -2.51. The summed E-state index contributed by atoms with van der Waals surface area (Å²) < 4.78 is 0. The Balaban J connectivity index is 2.12. The smallest absolute Gasteiger partial charge is 0.303 e. The summed E-state index contributed by atoms with van der Waals surface area (Å²) in [6, 6.07) is 0. The summed E-state index contributed by atoms with van der Waals surface area (Å²) in [6.07, 6.45) is 9.98. The molecule has 2 aliphatic rings. The minimum atomic E-state index is -0.698. The number of aliphatic carboxylic acids is 1. The molecule has 18 heavy (non-hydrogen) atoms. The van der Waals surface area contributed by atoms with Crippen molar-refractivity contribution in [2.45, 2.75) is 77.2 Å². The van der Waals surface area contributed by atoms with Crippen LogP contribution in [-0.4, -0.2) is 16.6 Å². The fourth-order valence-corrected chi connectivity index (χ4v) is 4.22. The molecule has 2 saturated carbocycles. The maximum Gasteiger partial charge on any atom is 0.303 e. The number of nitrogens with two attached hydrogens (primary N) is 1. The molecule has 3 N–H and O–H groups in total. The van der Waals surface area contributed by atoms with Crippen molar-refractivity contribution >= 4 is 5.97 Å². The van der Waals surface area contributed by atoms with E-state index in [4.69, 9.17) is 5.73 Å². The van der Waals surface area contributed by atoms with Crippen molar-refractivity contribution in [3.05, 3.63) is 0 Å². The maximum absolute atomic E-state index is 11.2. The van der Waals surface area contributed by atoms with Gasteiger partial charge in [-0.2, -0.15) is 0 Å². The minimum absolute atomic E-state index is 0.202. The Morgan fingerprint density at radius 1 is 1.11 bits per heavy atom. The van der Waals surface area contributed by atoms with Crippen LogP contribution in [-0.2, 0) is 4.79 Å². The SMILES string of the molecule is CC(C)(N)C1(CC(=O)O)CCC2(CCCC2)CC1. The first-order chi connectivity index (χ1) is 8.29. The van der Waals surface area contributed by atoms with Gasteiger partial charge in [0, 0.05) is 5.54 Å². The lowest BCUT2D eigenvalue weighted by Crippen LogP contribution is -2.54. The second kappa shape index (κ2) is 4.52. The van der Waals surface area contributed by atoms with E-state index in [9.17, 15) is 9.90 Å². The predicted molar refractivity (Wildman–Crippen MR) is 72.3 cm³/mol. The molecule has 0 bridgehead atoms. The van der Waals surface area contributed by atoms with Crippen molar-refractivity contribution in [3.63, 3.8) is 0 Å². The summed E-state index contributed by atoms with van der Waals surface area (Å²) in [5.74, 6) is -0.698. The van der Waals surface area contributed by atoms with E-state index >= 15 is 0 Å². The van der Waals surface area contributed by atoms with Crippen LogP contribution in [0, 0.1) is 10.8 Å². The third-order valence-electron chi connectivity index (χ3n) is 5.79. The van der Waals surface area contributed by atoms with E-state index in [-0.39, 0.29) is 11.8 Å². The molecule has 0 aliphatic heterocycles. The molecule has 0 atom stereocenters. The Morgan fingerprint density at radius 3 is 2.00 bits per heavy atom. The Labute approximate surface area is 110 Å². The molecule has 0 radical (unpaired) electrons. The monoisotopic (exact) mass is 253 g/mol. The molecule has 2 fully saturated rings. The highest BCUT2D eigenvalue weighted by atomic mass is 16.4. The van der Waals surface area contributed by atoms with E-state index in [2.05, 4.69) is 0 Å². The van der Waals surface area contributed by atoms with Crippen molar-refractivity contribution in [2.75, 3.05) is 0 Å². The zero-order chi connectivity index (χ0) is 13.4. The van der Waals surface area contributed by atoms with E-state index < -0.39 is 11.5 Å². The zero-order valence-electron chi connectivity index (χ0n) is 11.8. The molecule has 104 valence electrons. The van der Waals surface area contributed by atoms with Gasteiger partial charge in [-0.05, 0) is 63.2 Å². The van der Waals surface area contributed by atoms with E-state index in [0.717, 1.165) is 12.8 Å². The number of carboxylic acid groups (broad SMARTS) is 1. The topological polar surface area (TPSA) is 63.3 Å². The van der Waals surface area contributed by atoms with E-state index in [0.29, 0.717) is 5.41 Å². The van der Waals surface area contributed by atoms with Gasteiger partial charge in [-0.3, -0.25) is 4.79 Å². The number of carbonyl (C=O) groups is 1. The lowest BCUT2D eigenvalue weighted by atomic mass is 9.55. The number of carboxylic acids is 1. The zero-order valence-corrected chi connectivity index (χ0v) is 11.8. The van der Waals surface area contributed by atoms with Gasteiger partial charge in [-0.1, -0.05) is 12.8 Å². The average Bonchev–Trinajstić information content (AvgIpc) is 2.69. The molecule has 0 saturated heterocycles. The van der Waals surface area contributed by atoms with Crippen molar-refractivity contribution in [2.24, 2.45) is 16.6 Å². The largest absolute Gasteiger partial charge is 0.481 e. The van der Waals surface area contributed by atoms with Gasteiger partial charge in [0.1, 0.15) is 0 Å². The summed E-state index contributed by atoms with van der Waals surface area (Å²) in [4.78, 5) is 11.2. The van der Waals surface area contributed by atoms with Crippen LogP contribution in [0.15, 0.2) is 0 Å². The Hall–Kier alpha value is -0.570. The van der Waals surface area contributed by atoms with Crippen LogP contribution in [0.2, 0.25) is 0 Å². The molecule has 0 aromatic rings. The van der Waals surface area contributed by atoms with E-state index in [1.54, 1.807) is 0 Å². The average molecular weight is 253 g/mol. The normalized spacial score (nSPS) is 26.4. The van der Waals surface area contributed by atoms with Gasteiger partial charge in [0.05, 0.1) is 6.42 Å². The second-order valence-corrected chi connectivity index (χ2v) is 7.28. The fraction of sp³-hybridized carbons (Fsp3) is 0.933. The molecule has 0 heterocycles. The highest BCUT2D eigenvalue weighted by Gasteiger charge is 2.50. The summed E-state index contributed by atoms with van der Waals surface area (Å²) in [5.41, 5.74) is 6.25. The standard InChI is InChI=1S/C15H27NO2/c1-13(2,16)15(11-12(17)18)9-7-14(8-10-15)5-3-4-6-14/h3-11,16H2,1-2H3,(H,17,18). The van der Waals surface area contributed by atoms with Crippen LogP contribution in [0.3, 0.4) is 0 Å². The van der Waals surface area contributed by atoms with Gasteiger partial charge >= 0.3 is 5.97 Å². The molecule has 2 aliphatic carbocycles. The molecule has 0 amide bonds. The molecule has 3 nitrogen and oxygen atoms in total. The fourth-order valence-electron chi connectivity index (χ4n) is 4.22. The van der Waals surface area contributed by atoms with Crippen molar-refractivity contribution in [1.82, 2.24) is 0 Å². The summed E-state index contributed by atoms with van der Waals surface area (Å²) in [5, 5.41) is 9.20. The maximum atomic E-state index is 11.2. The molecule has 0 aromatic carbocycles. The summed E-state index contributed by atoms with van der Waals surface area (Å²) in [6.45, 7) is 4.01. The van der Waals surface area contributed by atoms with Crippen molar-refractivity contribution in [3.8, 4) is 0 Å². The molecule has 0 aromatic heterocycles. The van der Waals surface area contributed by atoms with Crippen LogP contribution in [0.25, 0.3) is 0 Å². The van der Waals surface area contributed by atoms with E-state index in [1.807, 2.05) is 13.8 Å². The molecular formula is C15H27NO2. The Bertz CT molecular complexity index is 314. The number of hydrogen-bond donors (Lipinski definition) is 2. The van der Waals surface area contributed by atoms with Gasteiger partial charge in [0.25, 0.3) is 0 Å². The van der Waals surface area contributed by atoms with Crippen LogP contribution < -0.4 is 5.73 Å². The van der Waals surface area contributed by atoms with E-state index in [1.165, 1.54) is 38.5 Å². The van der Waals surface area contributed by atoms with Gasteiger partial charge in [-0.15, -0.1) is 0 Å². The number of rotatable bonds is 3. The quantitative estimate of drug-likeness (QED) is 0.811. The molecule has 1 spiro atoms. The third kappa shape index (κ3) is 2.42. The summed E-state index contributed by atoms with van der Waals surface area (Å²) >= 11 is 0. The highest BCUT2D eigenvalue weighted by Crippen LogP contribution is 2.57. The first kappa shape index (κ1) is 13.9. The predicted octanol–water partition coefficient (Wildman–Crippen LogP) is 3.32. The van der Waals surface area contributed by atoms with Gasteiger partial charge in [0.2, 0.25) is 0 Å². The first-order valence-corrected chi connectivity index (χ1v) is 7.29. The minimum Gasteiger partial charge on any atom is -0.481 e. The van der Waals surface area contributed by atoms with Crippen LogP contribution in [0.4, 0.5) is 0 Å². The molecule has 2 rings (SSSR count). The van der Waals surface area contributed by atoms with Gasteiger partial charge in [-0.25, -0.2) is 0 Å². The van der Waals surface area contributed by atoms with Crippen LogP contribution >= 0.6 is 0 Å². The number of hydrogen-bond acceptors (Lipinski definition) is 2. The first-order valence-electron chi connectivity index (χ1n) is 7.29. The van der Waals surface area contributed by atoms with Crippen molar-refractivity contribution in [1.29, 1.82) is 0 Å². The summed E-state index contributed by atoms with van der Waals surface area (Å²) in [7, 11) is 0. The van der Waals surface area contributed by atoms with Gasteiger partial charge in [0.15, 0.2) is 0 Å². The second-order valence-electron chi connectivity index (χ2n) is 7.28. The van der Waals surface area contributed by atoms with Crippen molar-refractivity contribution < 1.29 is 9.90 Å². The highest BCUT2D eigenvalue weighted by molar-refractivity contribution is 5.68. The Kier molecular flexibility index (Phi) is 3.48. The van der Waals surface area contributed by atoms with Gasteiger partial charge < -0.3 is 10.8 Å².